The van der Waals surface area contributed by atoms with Gasteiger partial charge < -0.3 is 15.4 Å². The predicted molar refractivity (Wildman–Crippen MR) is 86.3 cm³/mol. The minimum atomic E-state index is -0.238. The summed E-state index contributed by atoms with van der Waals surface area (Å²) in [5.74, 6) is 0.116. The summed E-state index contributed by atoms with van der Waals surface area (Å²) >= 11 is 1.33. The lowest BCUT2D eigenvalue weighted by Crippen LogP contribution is -2.17. The van der Waals surface area contributed by atoms with Crippen molar-refractivity contribution in [3.05, 3.63) is 35.3 Å². The average Bonchev–Trinajstić information content (AvgIpc) is 2.98. The van der Waals surface area contributed by atoms with Gasteiger partial charge in [-0.15, -0.1) is 11.3 Å². The Balaban J connectivity index is 1.85. The van der Waals surface area contributed by atoms with E-state index in [9.17, 15) is 9.59 Å². The molecule has 0 unspecified atom stereocenters. The standard InChI is InChI=1S/C15H17N3O3S/c1-10-3-4-12(21-2)11(9-10)17-13(19)5-6-14(20)18-15-16-7-8-22-15/h3-4,7-9H,5-6H2,1-2H3,(H,17,19)(H,16,18,20). The first kappa shape index (κ1) is 16.0. The van der Waals surface area contributed by atoms with Crippen LogP contribution in [0.2, 0.25) is 0 Å². The van der Waals surface area contributed by atoms with Crippen LogP contribution in [0.3, 0.4) is 0 Å². The molecule has 1 heterocycles. The van der Waals surface area contributed by atoms with Crippen LogP contribution >= 0.6 is 11.3 Å². The van der Waals surface area contributed by atoms with E-state index in [-0.39, 0.29) is 24.7 Å². The molecule has 0 bridgehead atoms. The van der Waals surface area contributed by atoms with Crippen LogP contribution < -0.4 is 15.4 Å². The molecule has 0 radical (unpaired) electrons. The highest BCUT2D eigenvalue weighted by atomic mass is 32.1. The van der Waals surface area contributed by atoms with Gasteiger partial charge in [0.25, 0.3) is 0 Å². The van der Waals surface area contributed by atoms with Crippen LogP contribution in [0.25, 0.3) is 0 Å². The number of aromatic nitrogens is 1. The molecule has 0 saturated carbocycles. The summed E-state index contributed by atoms with van der Waals surface area (Å²) in [4.78, 5) is 27.6. The molecule has 0 spiro atoms. The molecule has 0 aliphatic carbocycles. The maximum absolute atomic E-state index is 11.9. The van der Waals surface area contributed by atoms with Crippen molar-refractivity contribution in [2.24, 2.45) is 0 Å². The predicted octanol–water partition coefficient (Wildman–Crippen LogP) is 2.82. The second-order valence-electron chi connectivity index (χ2n) is 4.64. The number of ether oxygens (including phenoxy) is 1. The number of thiazole rings is 1. The smallest absolute Gasteiger partial charge is 0.226 e. The molecule has 2 rings (SSSR count). The highest BCUT2D eigenvalue weighted by molar-refractivity contribution is 7.13. The first-order valence-electron chi connectivity index (χ1n) is 6.72. The van der Waals surface area contributed by atoms with E-state index in [0.29, 0.717) is 16.6 Å². The van der Waals surface area contributed by atoms with E-state index in [2.05, 4.69) is 15.6 Å². The monoisotopic (exact) mass is 319 g/mol. The van der Waals surface area contributed by atoms with Crippen LogP contribution in [-0.2, 0) is 9.59 Å². The van der Waals surface area contributed by atoms with Gasteiger partial charge in [0.2, 0.25) is 11.8 Å². The van der Waals surface area contributed by atoms with Gasteiger partial charge in [0.1, 0.15) is 5.75 Å². The van der Waals surface area contributed by atoms with Crippen LogP contribution in [0.15, 0.2) is 29.8 Å². The zero-order chi connectivity index (χ0) is 15.9. The molecule has 0 atom stereocenters. The normalized spacial score (nSPS) is 10.1. The Labute approximate surface area is 132 Å². The van der Waals surface area contributed by atoms with E-state index < -0.39 is 0 Å². The van der Waals surface area contributed by atoms with Gasteiger partial charge in [-0.1, -0.05) is 6.07 Å². The molecule has 1 aromatic carbocycles. The zero-order valence-corrected chi connectivity index (χ0v) is 13.2. The topological polar surface area (TPSA) is 80.3 Å². The van der Waals surface area contributed by atoms with Crippen molar-refractivity contribution in [2.45, 2.75) is 19.8 Å². The SMILES string of the molecule is COc1ccc(C)cc1NC(=O)CCC(=O)Nc1nccs1. The number of carbonyl (C=O) groups is 2. The maximum atomic E-state index is 11.9. The minimum absolute atomic E-state index is 0.0916. The third-order valence-electron chi connectivity index (χ3n) is 2.89. The number of methoxy groups -OCH3 is 1. The number of rotatable bonds is 6. The molecule has 1 aromatic heterocycles. The van der Waals surface area contributed by atoms with Crippen molar-refractivity contribution < 1.29 is 14.3 Å². The number of hydrogen-bond donors (Lipinski definition) is 2. The summed E-state index contributed by atoms with van der Waals surface area (Å²) in [6.45, 7) is 1.93. The second kappa shape index (κ2) is 7.56. The Kier molecular flexibility index (Phi) is 5.48. The van der Waals surface area contributed by atoms with E-state index in [4.69, 9.17) is 4.74 Å². The summed E-state index contributed by atoms with van der Waals surface area (Å²) < 4.78 is 5.20. The van der Waals surface area contributed by atoms with Gasteiger partial charge in [0.05, 0.1) is 12.8 Å². The van der Waals surface area contributed by atoms with E-state index in [1.54, 1.807) is 24.8 Å². The highest BCUT2D eigenvalue weighted by Crippen LogP contribution is 2.25. The van der Waals surface area contributed by atoms with Crippen LogP contribution in [0.4, 0.5) is 10.8 Å². The van der Waals surface area contributed by atoms with Gasteiger partial charge in [-0.3, -0.25) is 9.59 Å². The van der Waals surface area contributed by atoms with Crippen molar-refractivity contribution in [3.63, 3.8) is 0 Å². The second-order valence-corrected chi connectivity index (χ2v) is 5.53. The largest absolute Gasteiger partial charge is 0.495 e. The lowest BCUT2D eigenvalue weighted by molar-refractivity contribution is -0.121. The molecule has 22 heavy (non-hydrogen) atoms. The van der Waals surface area contributed by atoms with E-state index >= 15 is 0 Å². The molecular weight excluding hydrogens is 302 g/mol. The van der Waals surface area contributed by atoms with E-state index in [0.717, 1.165) is 5.56 Å². The third kappa shape index (κ3) is 4.56. The summed E-state index contributed by atoms with van der Waals surface area (Å²) in [6.07, 6.45) is 1.80. The number of nitrogens with zero attached hydrogens (tertiary/aromatic N) is 1. The van der Waals surface area contributed by atoms with E-state index in [1.165, 1.54) is 11.3 Å². The summed E-state index contributed by atoms with van der Waals surface area (Å²) in [5.41, 5.74) is 1.62. The molecular formula is C15H17N3O3S. The number of hydrogen-bond acceptors (Lipinski definition) is 5. The van der Waals surface area contributed by atoms with Crippen molar-refractivity contribution in [1.82, 2.24) is 4.98 Å². The Morgan fingerprint density at radius 2 is 1.95 bits per heavy atom. The van der Waals surface area contributed by atoms with Crippen LogP contribution in [0.1, 0.15) is 18.4 Å². The molecule has 6 nitrogen and oxygen atoms in total. The fraction of sp³-hybridized carbons (Fsp3) is 0.267. The van der Waals surface area contributed by atoms with Gasteiger partial charge >= 0.3 is 0 Å². The summed E-state index contributed by atoms with van der Waals surface area (Å²) in [6, 6.07) is 5.52. The first-order chi connectivity index (χ1) is 10.6. The van der Waals surface area contributed by atoms with Crippen molar-refractivity contribution >= 4 is 34.0 Å². The molecule has 7 heteroatoms. The fourth-order valence-electron chi connectivity index (χ4n) is 1.83. The molecule has 0 saturated heterocycles. The average molecular weight is 319 g/mol. The molecule has 0 aliphatic rings. The maximum Gasteiger partial charge on any atom is 0.226 e. The number of nitrogens with one attached hydrogen (secondary N) is 2. The number of aryl methyl sites for hydroxylation is 1. The number of amides is 2. The molecule has 2 amide bonds. The zero-order valence-electron chi connectivity index (χ0n) is 12.4. The van der Waals surface area contributed by atoms with Crippen molar-refractivity contribution in [1.29, 1.82) is 0 Å². The molecule has 116 valence electrons. The van der Waals surface area contributed by atoms with Gasteiger partial charge in [0.15, 0.2) is 5.13 Å². The Hall–Kier alpha value is -2.41. The highest BCUT2D eigenvalue weighted by Gasteiger charge is 2.11. The van der Waals surface area contributed by atoms with Crippen LogP contribution in [0, 0.1) is 6.92 Å². The van der Waals surface area contributed by atoms with Crippen LogP contribution in [0.5, 0.6) is 5.75 Å². The molecule has 2 aromatic rings. The lowest BCUT2D eigenvalue weighted by Gasteiger charge is -2.10. The minimum Gasteiger partial charge on any atom is -0.495 e. The molecule has 2 N–H and O–H groups in total. The molecule has 0 aliphatic heterocycles. The summed E-state index contributed by atoms with van der Waals surface area (Å²) in [7, 11) is 1.54. The number of carbonyl (C=O) groups excluding carboxylic acids is 2. The van der Waals surface area contributed by atoms with Gasteiger partial charge in [0, 0.05) is 24.4 Å². The Morgan fingerprint density at radius 1 is 1.23 bits per heavy atom. The summed E-state index contributed by atoms with van der Waals surface area (Å²) in [5, 5.41) is 7.70. The Bertz CT molecular complexity index is 656. The molecule has 0 fully saturated rings. The Morgan fingerprint density at radius 3 is 2.59 bits per heavy atom. The first-order valence-corrected chi connectivity index (χ1v) is 7.60. The van der Waals surface area contributed by atoms with Crippen molar-refractivity contribution in [2.75, 3.05) is 17.7 Å². The number of benzene rings is 1. The van der Waals surface area contributed by atoms with Gasteiger partial charge in [-0.25, -0.2) is 4.98 Å². The lowest BCUT2D eigenvalue weighted by atomic mass is 10.2. The van der Waals surface area contributed by atoms with Gasteiger partial charge in [-0.05, 0) is 24.6 Å². The fourth-order valence-corrected chi connectivity index (χ4v) is 2.37. The quantitative estimate of drug-likeness (QED) is 0.858. The van der Waals surface area contributed by atoms with Gasteiger partial charge in [-0.2, -0.15) is 0 Å². The number of anilines is 2. The third-order valence-corrected chi connectivity index (χ3v) is 3.58. The van der Waals surface area contributed by atoms with Crippen molar-refractivity contribution in [3.8, 4) is 5.75 Å². The van der Waals surface area contributed by atoms with E-state index in [1.807, 2.05) is 19.1 Å². The van der Waals surface area contributed by atoms with Crippen LogP contribution in [-0.4, -0.2) is 23.9 Å².